The highest BCUT2D eigenvalue weighted by Gasteiger charge is 2.25. The molecule has 0 atom stereocenters. The van der Waals surface area contributed by atoms with Crippen LogP contribution in [0.4, 0.5) is 0 Å². The minimum Gasteiger partial charge on any atom is -0.504 e. The van der Waals surface area contributed by atoms with Crippen LogP contribution in [0.1, 0.15) is 52.7 Å². The summed E-state index contributed by atoms with van der Waals surface area (Å²) in [6.45, 7) is 12.6. The largest absolute Gasteiger partial charge is 0.504 e. The van der Waals surface area contributed by atoms with Crippen molar-refractivity contribution in [3.63, 3.8) is 0 Å². The van der Waals surface area contributed by atoms with E-state index in [2.05, 4.69) is 20.8 Å². The van der Waals surface area contributed by atoms with Crippen molar-refractivity contribution in [2.24, 2.45) is 0 Å². The van der Waals surface area contributed by atoms with Crippen LogP contribution in [0.5, 0.6) is 11.5 Å². The van der Waals surface area contributed by atoms with Crippen LogP contribution in [0.2, 0.25) is 0 Å². The Hall–Kier alpha value is -1.51. The van der Waals surface area contributed by atoms with Crippen molar-refractivity contribution in [3.8, 4) is 11.5 Å². The van der Waals surface area contributed by atoms with Gasteiger partial charge in [0.25, 0.3) is 6.47 Å². The fourth-order valence-corrected chi connectivity index (χ4v) is 1.75. The van der Waals surface area contributed by atoms with E-state index < -0.39 is 0 Å². The number of ether oxygens (including phenoxy) is 1. The molecule has 1 aromatic rings. The molecule has 1 N–H and O–H groups in total. The maximum atomic E-state index is 10.5. The van der Waals surface area contributed by atoms with Gasteiger partial charge in [0.1, 0.15) is 0 Å². The standard InChI is InChI=1S/C15H22O3/c1-14(2,3)10-7-11(15(4,5)6)13(17)12(8-10)18-9-16/h7-9,17H,1-6H3. The number of rotatable bonds is 2. The van der Waals surface area contributed by atoms with Gasteiger partial charge >= 0.3 is 0 Å². The summed E-state index contributed by atoms with van der Waals surface area (Å²) in [6.07, 6.45) is 0. The average Bonchev–Trinajstić information content (AvgIpc) is 2.17. The van der Waals surface area contributed by atoms with E-state index >= 15 is 0 Å². The van der Waals surface area contributed by atoms with E-state index in [1.54, 1.807) is 6.07 Å². The number of phenolic OH excluding ortho intramolecular Hbond substituents is 1. The normalized spacial score (nSPS) is 12.3. The van der Waals surface area contributed by atoms with Crippen molar-refractivity contribution >= 4 is 6.47 Å². The van der Waals surface area contributed by atoms with Crippen LogP contribution < -0.4 is 4.74 Å². The molecule has 0 unspecified atom stereocenters. The Labute approximate surface area is 109 Å². The fraction of sp³-hybridized carbons (Fsp3) is 0.533. The third-order valence-corrected chi connectivity index (χ3v) is 2.92. The van der Waals surface area contributed by atoms with E-state index in [0.717, 1.165) is 11.1 Å². The van der Waals surface area contributed by atoms with Crippen LogP contribution in [-0.2, 0) is 15.6 Å². The highest BCUT2D eigenvalue weighted by molar-refractivity contribution is 5.57. The number of carbonyl (C=O) groups is 1. The van der Waals surface area contributed by atoms with Crippen molar-refractivity contribution in [3.05, 3.63) is 23.3 Å². The molecule has 1 rings (SSSR count). The Morgan fingerprint density at radius 1 is 1.06 bits per heavy atom. The molecule has 0 aliphatic rings. The van der Waals surface area contributed by atoms with Gasteiger partial charge < -0.3 is 9.84 Å². The number of carbonyl (C=O) groups excluding carboxylic acids is 1. The lowest BCUT2D eigenvalue weighted by Gasteiger charge is -2.26. The first-order valence-corrected chi connectivity index (χ1v) is 6.05. The predicted molar refractivity (Wildman–Crippen MR) is 72.2 cm³/mol. The third kappa shape index (κ3) is 3.03. The summed E-state index contributed by atoms with van der Waals surface area (Å²) in [7, 11) is 0. The molecule has 1 aromatic carbocycles. The Morgan fingerprint density at radius 2 is 1.61 bits per heavy atom. The van der Waals surface area contributed by atoms with Gasteiger partial charge in [0.15, 0.2) is 11.5 Å². The smallest absolute Gasteiger partial charge is 0.298 e. The van der Waals surface area contributed by atoms with Gasteiger partial charge in [-0.25, -0.2) is 0 Å². The number of hydrogen-bond acceptors (Lipinski definition) is 3. The average molecular weight is 250 g/mol. The second-order valence-electron chi connectivity index (χ2n) is 6.58. The lowest BCUT2D eigenvalue weighted by molar-refractivity contribution is -0.120. The Bertz CT molecular complexity index is 448. The second-order valence-corrected chi connectivity index (χ2v) is 6.58. The Kier molecular flexibility index (Phi) is 3.75. The van der Waals surface area contributed by atoms with Gasteiger partial charge in [0.05, 0.1) is 0 Å². The Morgan fingerprint density at radius 3 is 2.00 bits per heavy atom. The van der Waals surface area contributed by atoms with Crippen LogP contribution >= 0.6 is 0 Å². The summed E-state index contributed by atoms with van der Waals surface area (Å²) < 4.78 is 4.88. The summed E-state index contributed by atoms with van der Waals surface area (Å²) in [4.78, 5) is 10.5. The summed E-state index contributed by atoms with van der Waals surface area (Å²) in [5.74, 6) is 0.268. The molecule has 3 heteroatoms. The summed E-state index contributed by atoms with van der Waals surface area (Å²) in [5, 5.41) is 10.2. The first kappa shape index (κ1) is 14.6. The van der Waals surface area contributed by atoms with Crippen molar-refractivity contribution in [2.75, 3.05) is 0 Å². The zero-order valence-electron chi connectivity index (χ0n) is 12.0. The maximum Gasteiger partial charge on any atom is 0.298 e. The van der Waals surface area contributed by atoms with Crippen molar-refractivity contribution < 1.29 is 14.6 Å². The zero-order valence-corrected chi connectivity index (χ0v) is 12.0. The first-order valence-electron chi connectivity index (χ1n) is 6.05. The van der Waals surface area contributed by atoms with Crippen molar-refractivity contribution in [1.29, 1.82) is 0 Å². The van der Waals surface area contributed by atoms with Crippen LogP contribution in [0.3, 0.4) is 0 Å². The van der Waals surface area contributed by atoms with E-state index in [-0.39, 0.29) is 22.3 Å². The number of benzene rings is 1. The van der Waals surface area contributed by atoms with Gasteiger partial charge in [-0.2, -0.15) is 0 Å². The minimum atomic E-state index is -0.216. The second kappa shape index (κ2) is 4.63. The summed E-state index contributed by atoms with van der Waals surface area (Å²) >= 11 is 0. The molecule has 0 aliphatic heterocycles. The van der Waals surface area contributed by atoms with Gasteiger partial charge in [0, 0.05) is 5.56 Å². The lowest BCUT2D eigenvalue weighted by Crippen LogP contribution is -2.17. The van der Waals surface area contributed by atoms with E-state index in [4.69, 9.17) is 4.74 Å². The van der Waals surface area contributed by atoms with E-state index in [9.17, 15) is 9.90 Å². The quantitative estimate of drug-likeness (QED) is 0.817. The molecule has 0 spiro atoms. The minimum absolute atomic E-state index is 0.0441. The molecule has 0 amide bonds. The first-order chi connectivity index (χ1) is 8.07. The molecular weight excluding hydrogens is 228 g/mol. The molecule has 0 aromatic heterocycles. The van der Waals surface area contributed by atoms with Crippen molar-refractivity contribution in [1.82, 2.24) is 0 Å². The predicted octanol–water partition coefficient (Wildman–Crippen LogP) is 3.52. The molecule has 100 valence electrons. The van der Waals surface area contributed by atoms with Gasteiger partial charge in [-0.05, 0) is 22.5 Å². The van der Waals surface area contributed by atoms with E-state index in [1.165, 1.54) is 0 Å². The third-order valence-electron chi connectivity index (χ3n) is 2.92. The highest BCUT2D eigenvalue weighted by Crippen LogP contribution is 2.41. The van der Waals surface area contributed by atoms with Crippen LogP contribution in [0, 0.1) is 0 Å². The van der Waals surface area contributed by atoms with Gasteiger partial charge in [-0.15, -0.1) is 0 Å². The molecule has 0 heterocycles. The SMILES string of the molecule is CC(C)(C)c1cc(OC=O)c(O)c(C(C)(C)C)c1. The summed E-state index contributed by atoms with van der Waals surface area (Å²) in [5.41, 5.74) is 1.52. The molecule has 0 radical (unpaired) electrons. The van der Waals surface area contributed by atoms with E-state index in [0.29, 0.717) is 6.47 Å². The molecule has 0 fully saturated rings. The van der Waals surface area contributed by atoms with Crippen LogP contribution in [0.25, 0.3) is 0 Å². The maximum absolute atomic E-state index is 10.5. The molecule has 0 aliphatic carbocycles. The molecular formula is C15H22O3. The lowest BCUT2D eigenvalue weighted by atomic mass is 9.80. The molecule has 18 heavy (non-hydrogen) atoms. The van der Waals surface area contributed by atoms with Crippen molar-refractivity contribution in [2.45, 2.75) is 52.4 Å². The van der Waals surface area contributed by atoms with Gasteiger partial charge in [-0.3, -0.25) is 4.79 Å². The Balaban J connectivity index is 3.52. The monoisotopic (exact) mass is 250 g/mol. The summed E-state index contributed by atoms with van der Waals surface area (Å²) in [6, 6.07) is 3.70. The molecule has 0 saturated heterocycles. The highest BCUT2D eigenvalue weighted by atomic mass is 16.5. The number of aromatic hydroxyl groups is 1. The fourth-order valence-electron chi connectivity index (χ4n) is 1.75. The van der Waals surface area contributed by atoms with Gasteiger partial charge in [-0.1, -0.05) is 47.6 Å². The van der Waals surface area contributed by atoms with Gasteiger partial charge in [0.2, 0.25) is 0 Å². The zero-order chi connectivity index (χ0) is 14.1. The topological polar surface area (TPSA) is 46.5 Å². The molecule has 0 bridgehead atoms. The number of phenols is 1. The molecule has 0 saturated carbocycles. The van der Waals surface area contributed by atoms with E-state index in [1.807, 2.05) is 26.8 Å². The van der Waals surface area contributed by atoms with Crippen LogP contribution in [-0.4, -0.2) is 11.6 Å². The van der Waals surface area contributed by atoms with Crippen LogP contribution in [0.15, 0.2) is 12.1 Å². The number of hydrogen-bond donors (Lipinski definition) is 1. The molecule has 3 nitrogen and oxygen atoms in total.